The Morgan fingerprint density at radius 2 is 1.76 bits per heavy atom. The number of anilines is 4. The number of pyridine rings is 1. The highest BCUT2D eigenvalue weighted by Gasteiger charge is 2.07. The predicted molar refractivity (Wildman–Crippen MR) is 106 cm³/mol. The van der Waals surface area contributed by atoms with Crippen molar-refractivity contribution in [3.63, 3.8) is 0 Å². The molecule has 0 saturated carbocycles. The van der Waals surface area contributed by atoms with Crippen molar-refractivity contribution < 1.29 is 13.6 Å². The van der Waals surface area contributed by atoms with Crippen molar-refractivity contribution in [1.29, 1.82) is 0 Å². The summed E-state index contributed by atoms with van der Waals surface area (Å²) in [6.45, 7) is 2.59. The summed E-state index contributed by atoms with van der Waals surface area (Å²) < 4.78 is 26.4. The van der Waals surface area contributed by atoms with Gasteiger partial charge in [-0.3, -0.25) is 0 Å². The van der Waals surface area contributed by atoms with Crippen LogP contribution in [0.5, 0.6) is 0 Å². The summed E-state index contributed by atoms with van der Waals surface area (Å²) in [5, 5.41) is 11.0. The molecule has 0 unspecified atom stereocenters. The van der Waals surface area contributed by atoms with Gasteiger partial charge in [0.2, 0.25) is 0 Å². The molecule has 3 aromatic rings. The van der Waals surface area contributed by atoms with E-state index in [9.17, 15) is 13.6 Å². The Bertz CT molecular complexity index is 1000. The van der Waals surface area contributed by atoms with Gasteiger partial charge >= 0.3 is 6.03 Å². The molecule has 8 nitrogen and oxygen atoms in total. The van der Waals surface area contributed by atoms with Gasteiger partial charge < -0.3 is 21.3 Å². The number of halogens is 2. The van der Waals surface area contributed by atoms with E-state index >= 15 is 0 Å². The van der Waals surface area contributed by atoms with Gasteiger partial charge in [0.25, 0.3) is 0 Å². The molecule has 0 saturated heterocycles. The standard InChI is InChI=1S/C19H19F2N7O/c1-12-4-5-22-17(8-12)28-18-10-16(25-11-26-18)23-6-7-24-19(29)27-15-3-2-13(20)9-14(15)21/h2-5,8-11H,6-7H2,1H3,(H2,24,27,29)(H2,22,23,25,26,28). The van der Waals surface area contributed by atoms with E-state index in [0.29, 0.717) is 30.1 Å². The second kappa shape index (κ2) is 9.40. The lowest BCUT2D eigenvalue weighted by molar-refractivity contribution is 0.252. The molecule has 0 aliphatic heterocycles. The summed E-state index contributed by atoms with van der Waals surface area (Å²) in [5.41, 5.74) is 0.966. The Labute approximate surface area is 165 Å². The molecule has 3 rings (SSSR count). The molecule has 2 heterocycles. The molecule has 4 N–H and O–H groups in total. The van der Waals surface area contributed by atoms with Crippen LogP contribution >= 0.6 is 0 Å². The van der Waals surface area contributed by atoms with Crippen LogP contribution in [-0.2, 0) is 0 Å². The van der Waals surface area contributed by atoms with Gasteiger partial charge in [0.15, 0.2) is 0 Å². The van der Waals surface area contributed by atoms with Crippen molar-refractivity contribution in [3.05, 3.63) is 66.1 Å². The number of amides is 2. The number of carbonyl (C=O) groups is 1. The number of nitrogens with one attached hydrogen (secondary N) is 4. The molecular formula is C19H19F2N7O. The summed E-state index contributed by atoms with van der Waals surface area (Å²) in [6.07, 6.45) is 3.10. The normalized spacial score (nSPS) is 10.3. The van der Waals surface area contributed by atoms with Crippen LogP contribution in [0.25, 0.3) is 0 Å². The summed E-state index contributed by atoms with van der Waals surface area (Å²) in [7, 11) is 0. The fourth-order valence-electron chi connectivity index (χ4n) is 2.38. The number of aryl methyl sites for hydroxylation is 1. The number of benzene rings is 1. The minimum absolute atomic E-state index is 0.104. The molecule has 2 amide bonds. The van der Waals surface area contributed by atoms with Crippen LogP contribution in [-0.4, -0.2) is 34.1 Å². The van der Waals surface area contributed by atoms with E-state index in [-0.39, 0.29) is 12.2 Å². The lowest BCUT2D eigenvalue weighted by Gasteiger charge is -2.10. The van der Waals surface area contributed by atoms with Crippen LogP contribution < -0.4 is 21.3 Å². The lowest BCUT2D eigenvalue weighted by Crippen LogP contribution is -2.33. The first-order chi connectivity index (χ1) is 14.0. The molecule has 0 aliphatic rings. The average molecular weight is 399 g/mol. The minimum Gasteiger partial charge on any atom is -0.368 e. The molecule has 0 bridgehead atoms. The molecule has 29 heavy (non-hydrogen) atoms. The van der Waals surface area contributed by atoms with Crippen molar-refractivity contribution in [1.82, 2.24) is 20.3 Å². The molecular weight excluding hydrogens is 380 g/mol. The van der Waals surface area contributed by atoms with Crippen LogP contribution in [0.4, 0.5) is 36.7 Å². The SMILES string of the molecule is Cc1ccnc(Nc2cc(NCCNC(=O)Nc3ccc(F)cc3F)ncn2)c1. The first-order valence-corrected chi connectivity index (χ1v) is 8.75. The molecule has 0 fully saturated rings. The number of nitrogens with zero attached hydrogens (tertiary/aromatic N) is 3. The second-order valence-electron chi connectivity index (χ2n) is 6.06. The minimum atomic E-state index is -0.845. The van der Waals surface area contributed by atoms with Gasteiger partial charge in [0.1, 0.15) is 35.4 Å². The van der Waals surface area contributed by atoms with E-state index in [4.69, 9.17) is 0 Å². The maximum atomic E-state index is 13.5. The molecule has 2 aromatic heterocycles. The summed E-state index contributed by atoms with van der Waals surface area (Å²) in [5.74, 6) is 0.234. The third-order valence-electron chi connectivity index (χ3n) is 3.73. The van der Waals surface area contributed by atoms with Gasteiger partial charge in [-0.15, -0.1) is 0 Å². The van der Waals surface area contributed by atoms with Crippen LogP contribution in [0.3, 0.4) is 0 Å². The Kier molecular flexibility index (Phi) is 6.46. The number of aromatic nitrogens is 3. The topological polar surface area (TPSA) is 104 Å². The summed E-state index contributed by atoms with van der Waals surface area (Å²) in [6, 6.07) is 7.80. The lowest BCUT2D eigenvalue weighted by atomic mass is 10.3. The third-order valence-corrected chi connectivity index (χ3v) is 3.73. The number of rotatable bonds is 7. The largest absolute Gasteiger partial charge is 0.368 e. The first kappa shape index (κ1) is 19.9. The van der Waals surface area contributed by atoms with Gasteiger partial charge in [-0.1, -0.05) is 0 Å². The maximum absolute atomic E-state index is 13.5. The van der Waals surface area contributed by atoms with Crippen LogP contribution in [0.2, 0.25) is 0 Å². The van der Waals surface area contributed by atoms with E-state index in [1.807, 2.05) is 19.1 Å². The van der Waals surface area contributed by atoms with Gasteiger partial charge in [0.05, 0.1) is 5.69 Å². The van der Waals surface area contributed by atoms with E-state index in [0.717, 1.165) is 17.7 Å². The fraction of sp³-hybridized carbons (Fsp3) is 0.158. The quantitative estimate of drug-likeness (QED) is 0.454. The van der Waals surface area contributed by atoms with Crippen LogP contribution in [0.1, 0.15) is 5.56 Å². The highest BCUT2D eigenvalue weighted by Crippen LogP contribution is 2.15. The Morgan fingerprint density at radius 3 is 2.55 bits per heavy atom. The zero-order valence-corrected chi connectivity index (χ0v) is 15.5. The number of hydrogen-bond acceptors (Lipinski definition) is 6. The predicted octanol–water partition coefficient (Wildman–Crippen LogP) is 3.44. The van der Waals surface area contributed by atoms with Gasteiger partial charge in [-0.25, -0.2) is 28.5 Å². The fourth-order valence-corrected chi connectivity index (χ4v) is 2.38. The molecule has 0 spiro atoms. The van der Waals surface area contributed by atoms with Gasteiger partial charge in [-0.05, 0) is 36.8 Å². The molecule has 0 radical (unpaired) electrons. The molecule has 1 aromatic carbocycles. The van der Waals surface area contributed by atoms with Crippen LogP contribution in [0, 0.1) is 18.6 Å². The molecule has 150 valence electrons. The smallest absolute Gasteiger partial charge is 0.319 e. The van der Waals surface area contributed by atoms with Crippen LogP contribution in [0.15, 0.2) is 48.9 Å². The highest BCUT2D eigenvalue weighted by atomic mass is 19.1. The van der Waals surface area contributed by atoms with Crippen molar-refractivity contribution in [2.24, 2.45) is 0 Å². The average Bonchev–Trinajstić information content (AvgIpc) is 2.68. The second-order valence-corrected chi connectivity index (χ2v) is 6.06. The zero-order chi connectivity index (χ0) is 20.6. The Balaban J connectivity index is 1.45. The molecule has 0 atom stereocenters. The Morgan fingerprint density at radius 1 is 0.966 bits per heavy atom. The van der Waals surface area contributed by atoms with Gasteiger partial charge in [0, 0.05) is 31.4 Å². The summed E-state index contributed by atoms with van der Waals surface area (Å²) >= 11 is 0. The van der Waals surface area contributed by atoms with E-state index < -0.39 is 17.7 Å². The molecule has 0 aliphatic carbocycles. The van der Waals surface area contributed by atoms with Crippen molar-refractivity contribution in [2.75, 3.05) is 29.0 Å². The van der Waals surface area contributed by atoms with E-state index in [1.165, 1.54) is 6.33 Å². The van der Waals surface area contributed by atoms with E-state index in [2.05, 4.69) is 36.2 Å². The first-order valence-electron chi connectivity index (χ1n) is 8.75. The van der Waals surface area contributed by atoms with E-state index in [1.54, 1.807) is 12.3 Å². The summed E-state index contributed by atoms with van der Waals surface area (Å²) in [4.78, 5) is 24.2. The van der Waals surface area contributed by atoms with Crippen molar-refractivity contribution in [2.45, 2.75) is 6.92 Å². The van der Waals surface area contributed by atoms with Crippen molar-refractivity contribution >= 4 is 29.2 Å². The zero-order valence-electron chi connectivity index (χ0n) is 15.5. The monoisotopic (exact) mass is 399 g/mol. The Hall–Kier alpha value is -3.82. The maximum Gasteiger partial charge on any atom is 0.319 e. The van der Waals surface area contributed by atoms with Crippen molar-refractivity contribution in [3.8, 4) is 0 Å². The highest BCUT2D eigenvalue weighted by molar-refractivity contribution is 5.89. The molecule has 10 heteroatoms. The third kappa shape index (κ3) is 6.09. The number of urea groups is 1. The number of carbonyl (C=O) groups excluding carboxylic acids is 1. The van der Waals surface area contributed by atoms with Gasteiger partial charge in [-0.2, -0.15) is 0 Å². The number of hydrogen-bond donors (Lipinski definition) is 4.